The molecule has 0 aromatic heterocycles. The number of rotatable bonds is 3. The monoisotopic (exact) mass is 264 g/mol. The van der Waals surface area contributed by atoms with E-state index in [0.717, 1.165) is 44.6 Å². The van der Waals surface area contributed by atoms with E-state index in [4.69, 9.17) is 10.5 Å². The summed E-state index contributed by atoms with van der Waals surface area (Å²) in [4.78, 5) is 2.38. The molecule has 1 aliphatic rings. The van der Waals surface area contributed by atoms with Gasteiger partial charge in [0.1, 0.15) is 5.75 Å². The van der Waals surface area contributed by atoms with Crippen LogP contribution in [0.3, 0.4) is 0 Å². The van der Waals surface area contributed by atoms with E-state index in [1.807, 2.05) is 19.1 Å². The molecule has 1 aliphatic heterocycles. The van der Waals surface area contributed by atoms with Crippen molar-refractivity contribution in [1.82, 2.24) is 4.90 Å². The zero-order valence-corrected chi connectivity index (χ0v) is 11.9. The Morgan fingerprint density at radius 3 is 2.84 bits per heavy atom. The second-order valence-electron chi connectivity index (χ2n) is 5.70. The first-order chi connectivity index (χ1) is 9.00. The normalized spacial score (nSPS) is 25.0. The van der Waals surface area contributed by atoms with E-state index in [1.165, 1.54) is 5.56 Å². The largest absolute Gasteiger partial charge is 0.495 e. The van der Waals surface area contributed by atoms with Crippen LogP contribution in [-0.4, -0.2) is 35.8 Å². The first-order valence-corrected chi connectivity index (χ1v) is 6.87. The SMILES string of the molecule is COc1ccc(CN2CCCC(C)(O)CC2)cc1N. The number of likely N-dealkylation sites (tertiary alicyclic amines) is 1. The molecule has 1 fully saturated rings. The number of benzene rings is 1. The van der Waals surface area contributed by atoms with Crippen molar-refractivity contribution in [3.63, 3.8) is 0 Å². The van der Waals surface area contributed by atoms with Crippen LogP contribution in [0, 0.1) is 0 Å². The van der Waals surface area contributed by atoms with Crippen molar-refractivity contribution in [2.24, 2.45) is 0 Å². The molecule has 0 saturated carbocycles. The van der Waals surface area contributed by atoms with Crippen LogP contribution in [0.1, 0.15) is 31.7 Å². The Labute approximate surface area is 115 Å². The number of methoxy groups -OCH3 is 1. The molecule has 1 aromatic rings. The van der Waals surface area contributed by atoms with Crippen LogP contribution in [0.4, 0.5) is 5.69 Å². The second kappa shape index (κ2) is 5.80. The van der Waals surface area contributed by atoms with Crippen LogP contribution in [0.25, 0.3) is 0 Å². The van der Waals surface area contributed by atoms with Crippen LogP contribution in [0.2, 0.25) is 0 Å². The molecule has 1 atom stereocenters. The predicted molar refractivity (Wildman–Crippen MR) is 77.2 cm³/mol. The molecule has 106 valence electrons. The summed E-state index contributed by atoms with van der Waals surface area (Å²) in [5.74, 6) is 0.725. The van der Waals surface area contributed by atoms with Gasteiger partial charge in [-0.2, -0.15) is 0 Å². The minimum absolute atomic E-state index is 0.506. The van der Waals surface area contributed by atoms with Crippen LogP contribution >= 0.6 is 0 Å². The summed E-state index contributed by atoms with van der Waals surface area (Å²) in [7, 11) is 1.63. The van der Waals surface area contributed by atoms with Crippen LogP contribution in [-0.2, 0) is 6.54 Å². The van der Waals surface area contributed by atoms with Gasteiger partial charge < -0.3 is 15.6 Å². The summed E-state index contributed by atoms with van der Waals surface area (Å²) in [6.45, 7) is 4.77. The molecule has 4 heteroatoms. The van der Waals surface area contributed by atoms with Gasteiger partial charge in [-0.15, -0.1) is 0 Å². The van der Waals surface area contributed by atoms with Gasteiger partial charge in [-0.1, -0.05) is 6.07 Å². The molecule has 2 rings (SSSR count). The summed E-state index contributed by atoms with van der Waals surface area (Å²) >= 11 is 0. The van der Waals surface area contributed by atoms with Crippen molar-refractivity contribution in [1.29, 1.82) is 0 Å². The van der Waals surface area contributed by atoms with Gasteiger partial charge in [0.25, 0.3) is 0 Å². The van der Waals surface area contributed by atoms with Crippen molar-refractivity contribution in [2.75, 3.05) is 25.9 Å². The minimum atomic E-state index is -0.506. The predicted octanol–water partition coefficient (Wildman–Crippen LogP) is 2.01. The highest BCUT2D eigenvalue weighted by Gasteiger charge is 2.24. The number of ether oxygens (including phenoxy) is 1. The molecule has 0 spiro atoms. The van der Waals surface area contributed by atoms with Gasteiger partial charge in [0.15, 0.2) is 0 Å². The summed E-state index contributed by atoms with van der Waals surface area (Å²) < 4.78 is 5.17. The maximum atomic E-state index is 10.1. The van der Waals surface area contributed by atoms with Gasteiger partial charge in [-0.3, -0.25) is 4.90 Å². The molecule has 1 heterocycles. The number of nitrogens with zero attached hydrogens (tertiary/aromatic N) is 1. The maximum Gasteiger partial charge on any atom is 0.141 e. The van der Waals surface area contributed by atoms with Gasteiger partial charge in [0.2, 0.25) is 0 Å². The van der Waals surface area contributed by atoms with E-state index in [-0.39, 0.29) is 0 Å². The van der Waals surface area contributed by atoms with E-state index in [0.29, 0.717) is 5.69 Å². The van der Waals surface area contributed by atoms with Crippen molar-refractivity contribution in [3.05, 3.63) is 23.8 Å². The second-order valence-corrected chi connectivity index (χ2v) is 5.70. The number of nitrogens with two attached hydrogens (primary N) is 1. The fourth-order valence-electron chi connectivity index (χ4n) is 2.62. The maximum absolute atomic E-state index is 10.1. The van der Waals surface area contributed by atoms with Gasteiger partial charge in [0, 0.05) is 13.1 Å². The van der Waals surface area contributed by atoms with Gasteiger partial charge >= 0.3 is 0 Å². The third kappa shape index (κ3) is 3.85. The highest BCUT2D eigenvalue weighted by Crippen LogP contribution is 2.25. The Morgan fingerprint density at radius 1 is 1.37 bits per heavy atom. The van der Waals surface area contributed by atoms with Crippen molar-refractivity contribution >= 4 is 5.69 Å². The molecule has 0 radical (unpaired) electrons. The molecule has 0 bridgehead atoms. The molecular formula is C15H24N2O2. The third-order valence-electron chi connectivity index (χ3n) is 3.86. The molecule has 3 N–H and O–H groups in total. The lowest BCUT2D eigenvalue weighted by molar-refractivity contribution is 0.0444. The van der Waals surface area contributed by atoms with Crippen molar-refractivity contribution in [3.8, 4) is 5.75 Å². The highest BCUT2D eigenvalue weighted by atomic mass is 16.5. The summed E-state index contributed by atoms with van der Waals surface area (Å²) in [5, 5.41) is 10.1. The number of nitrogen functional groups attached to an aromatic ring is 1. The molecule has 0 aliphatic carbocycles. The van der Waals surface area contributed by atoms with Crippen molar-refractivity contribution in [2.45, 2.75) is 38.3 Å². The van der Waals surface area contributed by atoms with Crippen LogP contribution < -0.4 is 10.5 Å². The fraction of sp³-hybridized carbons (Fsp3) is 0.600. The van der Waals surface area contributed by atoms with E-state index in [9.17, 15) is 5.11 Å². The molecule has 1 saturated heterocycles. The van der Waals surface area contributed by atoms with Crippen LogP contribution in [0.5, 0.6) is 5.75 Å². The number of aliphatic hydroxyl groups is 1. The molecular weight excluding hydrogens is 240 g/mol. The highest BCUT2D eigenvalue weighted by molar-refractivity contribution is 5.54. The molecule has 19 heavy (non-hydrogen) atoms. The lowest BCUT2D eigenvalue weighted by atomic mass is 9.98. The summed E-state index contributed by atoms with van der Waals surface area (Å²) in [6, 6.07) is 5.94. The average Bonchev–Trinajstić information content (AvgIpc) is 2.51. The van der Waals surface area contributed by atoms with E-state index >= 15 is 0 Å². The zero-order chi connectivity index (χ0) is 13.9. The standard InChI is InChI=1S/C15H24N2O2/c1-15(18)6-3-8-17(9-7-15)11-12-4-5-14(19-2)13(16)10-12/h4-5,10,18H,3,6-9,11,16H2,1-2H3. The molecule has 1 aromatic carbocycles. The Balaban J connectivity index is 1.99. The van der Waals surface area contributed by atoms with Crippen LogP contribution in [0.15, 0.2) is 18.2 Å². The quantitative estimate of drug-likeness (QED) is 0.820. The van der Waals surface area contributed by atoms with Gasteiger partial charge in [0.05, 0.1) is 18.4 Å². The number of hydrogen-bond donors (Lipinski definition) is 2. The van der Waals surface area contributed by atoms with Crippen molar-refractivity contribution < 1.29 is 9.84 Å². The lowest BCUT2D eigenvalue weighted by Gasteiger charge is -2.22. The van der Waals surface area contributed by atoms with Gasteiger partial charge in [-0.05, 0) is 50.4 Å². The Kier molecular flexibility index (Phi) is 4.32. The fourth-order valence-corrected chi connectivity index (χ4v) is 2.62. The summed E-state index contributed by atoms with van der Waals surface area (Å²) in [5.41, 5.74) is 7.30. The molecule has 1 unspecified atom stereocenters. The number of hydrogen-bond acceptors (Lipinski definition) is 4. The van der Waals surface area contributed by atoms with E-state index < -0.39 is 5.60 Å². The first-order valence-electron chi connectivity index (χ1n) is 6.87. The average molecular weight is 264 g/mol. The minimum Gasteiger partial charge on any atom is -0.495 e. The third-order valence-corrected chi connectivity index (χ3v) is 3.86. The van der Waals surface area contributed by atoms with Gasteiger partial charge in [-0.25, -0.2) is 0 Å². The molecule has 4 nitrogen and oxygen atoms in total. The first kappa shape index (κ1) is 14.2. The number of anilines is 1. The Hall–Kier alpha value is -1.26. The summed E-state index contributed by atoms with van der Waals surface area (Å²) in [6.07, 6.45) is 2.76. The zero-order valence-electron chi connectivity index (χ0n) is 11.9. The molecule has 0 amide bonds. The smallest absolute Gasteiger partial charge is 0.141 e. The van der Waals surface area contributed by atoms with E-state index in [2.05, 4.69) is 11.0 Å². The Morgan fingerprint density at radius 2 is 2.16 bits per heavy atom. The topological polar surface area (TPSA) is 58.7 Å². The van der Waals surface area contributed by atoms with E-state index in [1.54, 1.807) is 7.11 Å². The Bertz CT molecular complexity index is 432. The lowest BCUT2D eigenvalue weighted by Crippen LogP contribution is -2.28.